The van der Waals surface area contributed by atoms with Crippen molar-refractivity contribution in [3.8, 4) is 11.5 Å². The van der Waals surface area contributed by atoms with Gasteiger partial charge in [-0.3, -0.25) is 4.79 Å². The summed E-state index contributed by atoms with van der Waals surface area (Å²) < 4.78 is 0. The van der Waals surface area contributed by atoms with Gasteiger partial charge in [-0.1, -0.05) is 22.0 Å². The molecule has 1 saturated heterocycles. The highest BCUT2D eigenvalue weighted by molar-refractivity contribution is 9.09. The summed E-state index contributed by atoms with van der Waals surface area (Å²) in [7, 11) is 0. The number of likely N-dealkylation sites (tertiary alicyclic amines) is 1. The van der Waals surface area contributed by atoms with Gasteiger partial charge in [-0.05, 0) is 25.0 Å². The summed E-state index contributed by atoms with van der Waals surface area (Å²) in [4.78, 5) is 14.0. The van der Waals surface area contributed by atoms with Gasteiger partial charge in [0.25, 0.3) is 5.91 Å². The molecule has 1 aromatic rings. The monoisotopic (exact) mass is 299 g/mol. The zero-order valence-electron chi connectivity index (χ0n) is 9.27. The van der Waals surface area contributed by atoms with Gasteiger partial charge in [0.2, 0.25) is 0 Å². The van der Waals surface area contributed by atoms with Crippen molar-refractivity contribution in [2.75, 3.05) is 11.9 Å². The summed E-state index contributed by atoms with van der Waals surface area (Å²) in [5.74, 6) is -0.816. The number of rotatable bonds is 2. The molecule has 1 heterocycles. The van der Waals surface area contributed by atoms with E-state index in [0.717, 1.165) is 18.2 Å². The number of phenols is 2. The lowest BCUT2D eigenvalue weighted by molar-refractivity contribution is 0.0747. The number of aromatic hydroxyl groups is 2. The van der Waals surface area contributed by atoms with Gasteiger partial charge in [-0.2, -0.15) is 0 Å². The van der Waals surface area contributed by atoms with Gasteiger partial charge in [0.15, 0.2) is 11.5 Å². The van der Waals surface area contributed by atoms with E-state index in [1.54, 1.807) is 11.0 Å². The molecule has 0 radical (unpaired) electrons. The minimum Gasteiger partial charge on any atom is -0.504 e. The van der Waals surface area contributed by atoms with Crippen LogP contribution >= 0.6 is 15.9 Å². The van der Waals surface area contributed by atoms with Crippen LogP contribution in [0.4, 0.5) is 0 Å². The van der Waals surface area contributed by atoms with Gasteiger partial charge in [-0.15, -0.1) is 0 Å². The van der Waals surface area contributed by atoms with Crippen LogP contribution in [0.25, 0.3) is 0 Å². The van der Waals surface area contributed by atoms with Crippen molar-refractivity contribution in [1.29, 1.82) is 0 Å². The molecule has 0 bridgehead atoms. The zero-order chi connectivity index (χ0) is 12.4. The number of phenolic OH excluding ortho intramolecular Hbond substituents is 2. The first-order valence-corrected chi connectivity index (χ1v) is 6.65. The predicted octanol–water partition coefficient (Wildman–Crippen LogP) is 2.10. The van der Waals surface area contributed by atoms with E-state index in [1.165, 1.54) is 12.1 Å². The lowest BCUT2D eigenvalue weighted by atomic mass is 10.1. The van der Waals surface area contributed by atoms with E-state index >= 15 is 0 Å². The van der Waals surface area contributed by atoms with Crippen LogP contribution in [-0.4, -0.2) is 38.9 Å². The van der Waals surface area contributed by atoms with E-state index in [9.17, 15) is 15.0 Å². The molecule has 2 rings (SSSR count). The Morgan fingerprint density at radius 2 is 2.24 bits per heavy atom. The molecule has 92 valence electrons. The Balaban J connectivity index is 2.28. The molecule has 0 saturated carbocycles. The highest BCUT2D eigenvalue weighted by atomic mass is 79.9. The average molecular weight is 300 g/mol. The molecule has 1 atom stereocenters. The molecule has 2 N–H and O–H groups in total. The van der Waals surface area contributed by atoms with Crippen LogP contribution in [0.2, 0.25) is 0 Å². The largest absolute Gasteiger partial charge is 0.504 e. The average Bonchev–Trinajstić information content (AvgIpc) is 2.80. The summed E-state index contributed by atoms with van der Waals surface area (Å²) >= 11 is 3.38. The van der Waals surface area contributed by atoms with Crippen molar-refractivity contribution in [3.63, 3.8) is 0 Å². The van der Waals surface area contributed by atoms with E-state index in [4.69, 9.17) is 0 Å². The fourth-order valence-corrected chi connectivity index (χ4v) is 2.80. The number of carbonyl (C=O) groups is 1. The molecule has 1 aliphatic heterocycles. The molecule has 1 fully saturated rings. The molecule has 1 unspecified atom stereocenters. The Labute approximate surface area is 108 Å². The molecule has 4 nitrogen and oxygen atoms in total. The topological polar surface area (TPSA) is 60.8 Å². The summed E-state index contributed by atoms with van der Waals surface area (Å²) in [5.41, 5.74) is 0.165. The third-order valence-corrected chi connectivity index (χ3v) is 3.81. The van der Waals surface area contributed by atoms with E-state index in [1.807, 2.05) is 0 Å². The van der Waals surface area contributed by atoms with Crippen molar-refractivity contribution in [2.24, 2.45) is 0 Å². The van der Waals surface area contributed by atoms with E-state index < -0.39 is 0 Å². The van der Waals surface area contributed by atoms with Gasteiger partial charge >= 0.3 is 0 Å². The standard InChI is InChI=1S/C12H14BrNO3/c13-7-8-3-2-6-14(8)12(17)9-4-1-5-10(15)11(9)16/h1,4-5,8,15-16H,2-3,6-7H2. The lowest BCUT2D eigenvalue weighted by Gasteiger charge is -2.23. The van der Waals surface area contributed by atoms with Gasteiger partial charge in [0.1, 0.15) is 0 Å². The number of halogens is 1. The van der Waals surface area contributed by atoms with E-state index in [0.29, 0.717) is 6.54 Å². The molecule has 5 heteroatoms. The molecule has 0 spiro atoms. The fourth-order valence-electron chi connectivity index (χ4n) is 2.12. The second kappa shape index (κ2) is 4.96. The van der Waals surface area contributed by atoms with Crippen LogP contribution in [0.5, 0.6) is 11.5 Å². The summed E-state index contributed by atoms with van der Waals surface area (Å²) in [6.07, 6.45) is 1.94. The Morgan fingerprint density at radius 1 is 1.47 bits per heavy atom. The first-order chi connectivity index (χ1) is 8.15. The molecule has 0 aliphatic carbocycles. The van der Waals surface area contributed by atoms with Crippen molar-refractivity contribution in [3.05, 3.63) is 23.8 Å². The minimum absolute atomic E-state index is 0.165. The second-order valence-electron chi connectivity index (χ2n) is 4.12. The number of hydrogen-bond acceptors (Lipinski definition) is 3. The van der Waals surface area contributed by atoms with Crippen LogP contribution in [-0.2, 0) is 0 Å². The Bertz CT molecular complexity index is 436. The molecule has 1 aromatic carbocycles. The SMILES string of the molecule is O=C(c1cccc(O)c1O)N1CCCC1CBr. The summed E-state index contributed by atoms with van der Waals surface area (Å²) in [5, 5.41) is 19.8. The zero-order valence-corrected chi connectivity index (χ0v) is 10.9. The fraction of sp³-hybridized carbons (Fsp3) is 0.417. The number of para-hydroxylation sites is 1. The lowest BCUT2D eigenvalue weighted by Crippen LogP contribution is -2.36. The second-order valence-corrected chi connectivity index (χ2v) is 4.77. The Hall–Kier alpha value is -1.23. The third kappa shape index (κ3) is 2.24. The van der Waals surface area contributed by atoms with Crippen molar-refractivity contribution in [1.82, 2.24) is 4.90 Å². The molecule has 17 heavy (non-hydrogen) atoms. The Morgan fingerprint density at radius 3 is 2.94 bits per heavy atom. The first kappa shape index (κ1) is 12.2. The van der Waals surface area contributed by atoms with Crippen molar-refractivity contribution in [2.45, 2.75) is 18.9 Å². The minimum atomic E-state index is -0.335. The Kier molecular flexibility index (Phi) is 3.57. The van der Waals surface area contributed by atoms with Gasteiger partial charge in [-0.25, -0.2) is 0 Å². The number of hydrogen-bond donors (Lipinski definition) is 2. The number of carbonyl (C=O) groups excluding carboxylic acids is 1. The third-order valence-electron chi connectivity index (χ3n) is 3.06. The highest BCUT2D eigenvalue weighted by Crippen LogP contribution is 2.31. The van der Waals surface area contributed by atoms with Crippen LogP contribution in [0.1, 0.15) is 23.2 Å². The quantitative estimate of drug-likeness (QED) is 0.649. The maximum atomic E-state index is 12.2. The summed E-state index contributed by atoms with van der Waals surface area (Å²) in [6, 6.07) is 4.62. The number of amides is 1. The van der Waals surface area contributed by atoms with Crippen LogP contribution < -0.4 is 0 Å². The van der Waals surface area contributed by atoms with Crippen LogP contribution in [0.3, 0.4) is 0 Å². The number of nitrogens with zero attached hydrogens (tertiary/aromatic N) is 1. The smallest absolute Gasteiger partial charge is 0.258 e. The number of alkyl halides is 1. The van der Waals surface area contributed by atoms with Crippen molar-refractivity contribution >= 4 is 21.8 Å². The molecule has 0 aromatic heterocycles. The highest BCUT2D eigenvalue weighted by Gasteiger charge is 2.30. The maximum absolute atomic E-state index is 12.2. The van der Waals surface area contributed by atoms with E-state index in [-0.39, 0.29) is 29.0 Å². The van der Waals surface area contributed by atoms with Gasteiger partial charge < -0.3 is 15.1 Å². The van der Waals surface area contributed by atoms with E-state index in [2.05, 4.69) is 15.9 Å². The molecular weight excluding hydrogens is 286 g/mol. The summed E-state index contributed by atoms with van der Waals surface area (Å²) in [6.45, 7) is 0.699. The van der Waals surface area contributed by atoms with Gasteiger partial charge in [0, 0.05) is 17.9 Å². The number of benzene rings is 1. The van der Waals surface area contributed by atoms with Crippen LogP contribution in [0.15, 0.2) is 18.2 Å². The molecule has 1 amide bonds. The van der Waals surface area contributed by atoms with Gasteiger partial charge in [0.05, 0.1) is 5.56 Å². The molecule has 1 aliphatic rings. The predicted molar refractivity (Wildman–Crippen MR) is 67.6 cm³/mol. The first-order valence-electron chi connectivity index (χ1n) is 5.53. The van der Waals surface area contributed by atoms with Crippen molar-refractivity contribution < 1.29 is 15.0 Å². The molecular formula is C12H14BrNO3. The normalized spacial score (nSPS) is 19.6. The maximum Gasteiger partial charge on any atom is 0.258 e. The van der Waals surface area contributed by atoms with Crippen LogP contribution in [0, 0.1) is 0 Å².